The Hall–Kier alpha value is -2.93. The van der Waals surface area contributed by atoms with E-state index in [2.05, 4.69) is 9.82 Å². The zero-order valence-corrected chi connectivity index (χ0v) is 18.2. The molecule has 0 saturated carbocycles. The smallest absolute Gasteiger partial charge is 0.269 e. The van der Waals surface area contributed by atoms with Gasteiger partial charge in [0.2, 0.25) is 0 Å². The van der Waals surface area contributed by atoms with Crippen LogP contribution < -0.4 is 10.3 Å². The van der Waals surface area contributed by atoms with Gasteiger partial charge in [-0.15, -0.1) is 0 Å². The summed E-state index contributed by atoms with van der Waals surface area (Å²) in [4.78, 5) is 12.7. The molecule has 0 saturated heterocycles. The molecule has 0 unspecified atom stereocenters. The molecule has 0 bridgehead atoms. The minimum Gasteiger partial charge on any atom is -0.279 e. The van der Waals surface area contributed by atoms with E-state index in [-0.39, 0.29) is 10.5 Å². The van der Waals surface area contributed by atoms with Crippen LogP contribution in [0.4, 0.5) is 5.69 Å². The number of sulfonamides is 1. The maximum atomic E-state index is 13.2. The van der Waals surface area contributed by atoms with Crippen LogP contribution in [0, 0.1) is 13.8 Å². The second kappa shape index (κ2) is 7.72. The van der Waals surface area contributed by atoms with Crippen molar-refractivity contribution in [2.75, 3.05) is 4.72 Å². The van der Waals surface area contributed by atoms with Crippen molar-refractivity contribution in [3.05, 3.63) is 75.1 Å². The quantitative estimate of drug-likeness (QED) is 0.693. The largest absolute Gasteiger partial charge is 0.279 e. The number of aryl methyl sites for hydroxylation is 3. The molecule has 0 amide bonds. The topological polar surface area (TPSA) is 81.1 Å². The van der Waals surface area contributed by atoms with Crippen molar-refractivity contribution in [3.63, 3.8) is 0 Å². The lowest BCUT2D eigenvalue weighted by Crippen LogP contribution is -2.28. The van der Waals surface area contributed by atoms with Gasteiger partial charge in [0.1, 0.15) is 0 Å². The van der Waals surface area contributed by atoms with Gasteiger partial charge in [0, 0.05) is 18.2 Å². The van der Waals surface area contributed by atoms with Crippen LogP contribution >= 0.6 is 0 Å². The molecule has 3 aromatic rings. The highest BCUT2D eigenvalue weighted by atomic mass is 32.2. The van der Waals surface area contributed by atoms with Gasteiger partial charge in [-0.25, -0.2) is 13.1 Å². The molecule has 0 fully saturated rings. The van der Waals surface area contributed by atoms with Crippen LogP contribution in [0.3, 0.4) is 0 Å². The molecule has 1 heterocycles. The molecule has 6 nitrogen and oxygen atoms in total. The SMILES string of the molecule is Cc1ccccc1NS(=O)(=O)c1cc(-c2nn(C)c(=O)c3c2CCCC3)ccc1C. The highest BCUT2D eigenvalue weighted by Crippen LogP contribution is 2.31. The molecule has 7 heteroatoms. The van der Waals surface area contributed by atoms with Gasteiger partial charge in [0.15, 0.2) is 0 Å². The third-order valence-electron chi connectivity index (χ3n) is 5.70. The standard InChI is InChI=1S/C23H25N3O3S/c1-15-8-4-7-11-20(15)25-30(28,29)21-14-17(13-12-16(21)2)22-18-9-5-6-10-19(18)23(27)26(3)24-22/h4,7-8,11-14,25H,5-6,9-10H2,1-3H3. The average molecular weight is 424 g/mol. The molecule has 1 N–H and O–H groups in total. The van der Waals surface area contributed by atoms with Crippen molar-refractivity contribution in [2.45, 2.75) is 44.4 Å². The summed E-state index contributed by atoms with van der Waals surface area (Å²) in [5, 5.41) is 4.50. The predicted molar refractivity (Wildman–Crippen MR) is 118 cm³/mol. The van der Waals surface area contributed by atoms with Crippen LogP contribution in [0.1, 0.15) is 35.1 Å². The lowest BCUT2D eigenvalue weighted by atomic mass is 9.89. The molecule has 2 aromatic carbocycles. The molecule has 30 heavy (non-hydrogen) atoms. The first kappa shape index (κ1) is 20.3. The van der Waals surface area contributed by atoms with E-state index >= 15 is 0 Å². The third kappa shape index (κ3) is 3.65. The summed E-state index contributed by atoms with van der Waals surface area (Å²) < 4.78 is 30.4. The van der Waals surface area contributed by atoms with Gasteiger partial charge in [-0.05, 0) is 68.4 Å². The van der Waals surface area contributed by atoms with Gasteiger partial charge in [-0.1, -0.05) is 30.3 Å². The summed E-state index contributed by atoms with van der Waals surface area (Å²) in [5.41, 5.74) is 5.15. The van der Waals surface area contributed by atoms with Crippen molar-refractivity contribution in [1.29, 1.82) is 0 Å². The first-order valence-corrected chi connectivity index (χ1v) is 11.5. The zero-order chi connectivity index (χ0) is 21.5. The van der Waals surface area contributed by atoms with E-state index in [0.29, 0.717) is 22.5 Å². The predicted octanol–water partition coefficient (Wildman–Crippen LogP) is 3.74. The normalized spacial score (nSPS) is 13.7. The van der Waals surface area contributed by atoms with Gasteiger partial charge in [0.05, 0.1) is 16.3 Å². The second-order valence-electron chi connectivity index (χ2n) is 7.84. The number of rotatable bonds is 4. The Bertz CT molecular complexity index is 1290. The molecule has 0 radical (unpaired) electrons. The van der Waals surface area contributed by atoms with E-state index in [9.17, 15) is 13.2 Å². The van der Waals surface area contributed by atoms with Crippen molar-refractivity contribution in [3.8, 4) is 11.3 Å². The monoisotopic (exact) mass is 423 g/mol. The molecule has 0 spiro atoms. The number of hydrogen-bond donors (Lipinski definition) is 1. The highest BCUT2D eigenvalue weighted by molar-refractivity contribution is 7.92. The van der Waals surface area contributed by atoms with Crippen LogP contribution in [0.5, 0.6) is 0 Å². The van der Waals surface area contributed by atoms with Crippen molar-refractivity contribution >= 4 is 15.7 Å². The number of aromatic nitrogens is 2. The Morgan fingerprint density at radius 1 is 0.967 bits per heavy atom. The van der Waals surface area contributed by atoms with Crippen LogP contribution in [0.15, 0.2) is 52.2 Å². The van der Waals surface area contributed by atoms with E-state index in [1.165, 1.54) is 4.68 Å². The number of para-hydroxylation sites is 1. The number of fused-ring (bicyclic) bond motifs is 1. The zero-order valence-electron chi connectivity index (χ0n) is 17.4. The van der Waals surface area contributed by atoms with Gasteiger partial charge < -0.3 is 0 Å². The highest BCUT2D eigenvalue weighted by Gasteiger charge is 2.23. The van der Waals surface area contributed by atoms with Gasteiger partial charge >= 0.3 is 0 Å². The fraction of sp³-hybridized carbons (Fsp3) is 0.304. The first-order valence-electron chi connectivity index (χ1n) is 10.1. The molecular weight excluding hydrogens is 398 g/mol. The first-order chi connectivity index (χ1) is 14.3. The minimum absolute atomic E-state index is 0.0605. The minimum atomic E-state index is -3.78. The number of benzene rings is 2. The molecule has 0 aliphatic heterocycles. The number of nitrogens with zero attached hydrogens (tertiary/aromatic N) is 2. The fourth-order valence-electron chi connectivity index (χ4n) is 4.01. The molecule has 156 valence electrons. The summed E-state index contributed by atoms with van der Waals surface area (Å²) in [7, 11) is -2.14. The number of hydrogen-bond acceptors (Lipinski definition) is 4. The maximum Gasteiger partial charge on any atom is 0.269 e. The Labute approximate surface area is 176 Å². The van der Waals surface area contributed by atoms with Gasteiger partial charge in [-0.3, -0.25) is 9.52 Å². The Kier molecular flexibility index (Phi) is 5.24. The van der Waals surface area contributed by atoms with Crippen molar-refractivity contribution in [2.24, 2.45) is 7.05 Å². The third-order valence-corrected chi connectivity index (χ3v) is 7.20. The number of anilines is 1. The second-order valence-corrected chi connectivity index (χ2v) is 9.49. The van der Waals surface area contributed by atoms with Gasteiger partial charge in [-0.2, -0.15) is 5.10 Å². The molecule has 4 rings (SSSR count). The summed E-state index contributed by atoms with van der Waals surface area (Å²) in [6, 6.07) is 12.6. The fourth-order valence-corrected chi connectivity index (χ4v) is 5.41. The number of nitrogens with one attached hydrogen (secondary N) is 1. The van der Waals surface area contributed by atoms with Gasteiger partial charge in [0.25, 0.3) is 15.6 Å². The van der Waals surface area contributed by atoms with E-state index in [0.717, 1.165) is 42.4 Å². The Morgan fingerprint density at radius 2 is 1.67 bits per heavy atom. The van der Waals surface area contributed by atoms with E-state index in [1.807, 2.05) is 25.1 Å². The van der Waals surface area contributed by atoms with Crippen LogP contribution in [-0.2, 0) is 29.9 Å². The summed E-state index contributed by atoms with van der Waals surface area (Å²) in [5.74, 6) is 0. The molecule has 1 aliphatic rings. The summed E-state index contributed by atoms with van der Waals surface area (Å²) >= 11 is 0. The van der Waals surface area contributed by atoms with E-state index in [1.54, 1.807) is 38.2 Å². The van der Waals surface area contributed by atoms with Crippen LogP contribution in [0.25, 0.3) is 11.3 Å². The molecule has 1 aliphatic carbocycles. The molecule has 1 aromatic heterocycles. The van der Waals surface area contributed by atoms with E-state index in [4.69, 9.17) is 0 Å². The Balaban J connectivity index is 1.83. The average Bonchev–Trinajstić information content (AvgIpc) is 2.73. The molecular formula is C23H25N3O3S. The Morgan fingerprint density at radius 3 is 2.40 bits per heavy atom. The summed E-state index contributed by atoms with van der Waals surface area (Å²) in [6.07, 6.45) is 3.51. The maximum absolute atomic E-state index is 13.2. The van der Waals surface area contributed by atoms with Crippen LogP contribution in [-0.4, -0.2) is 18.2 Å². The molecule has 0 atom stereocenters. The van der Waals surface area contributed by atoms with E-state index < -0.39 is 10.0 Å². The van der Waals surface area contributed by atoms with Crippen molar-refractivity contribution < 1.29 is 8.42 Å². The van der Waals surface area contributed by atoms with Crippen LogP contribution in [0.2, 0.25) is 0 Å². The summed E-state index contributed by atoms with van der Waals surface area (Å²) in [6.45, 7) is 3.64. The lowest BCUT2D eigenvalue weighted by Gasteiger charge is -2.20. The van der Waals surface area contributed by atoms with Crippen molar-refractivity contribution in [1.82, 2.24) is 9.78 Å². The lowest BCUT2D eigenvalue weighted by molar-refractivity contribution is 0.600.